The second-order valence-electron chi connectivity index (χ2n) is 5.15. The fraction of sp³-hybridized carbons (Fsp3) is 0.538. The molecule has 0 aromatic carbocycles. The van der Waals surface area contributed by atoms with Crippen LogP contribution in [0.5, 0.6) is 0 Å². The van der Waals surface area contributed by atoms with Crippen molar-refractivity contribution in [3.05, 3.63) is 22.8 Å². The molecule has 1 amide bonds. The highest BCUT2D eigenvalue weighted by molar-refractivity contribution is 7.08. The van der Waals surface area contributed by atoms with Crippen LogP contribution in [0.25, 0.3) is 0 Å². The number of nitrogens with zero attached hydrogens (tertiary/aromatic N) is 5. The van der Waals surface area contributed by atoms with Crippen LogP contribution in [-0.2, 0) is 6.42 Å². The summed E-state index contributed by atoms with van der Waals surface area (Å²) in [6.45, 7) is 3.44. The van der Waals surface area contributed by atoms with Gasteiger partial charge in [-0.25, -0.2) is 0 Å². The monoisotopic (exact) mass is 306 g/mol. The average Bonchev–Trinajstić information content (AvgIpc) is 3.15. The van der Waals surface area contributed by atoms with Gasteiger partial charge in [-0.05, 0) is 36.9 Å². The van der Waals surface area contributed by atoms with Crippen LogP contribution in [0.2, 0.25) is 0 Å². The standard InChI is InChI=1S/C13H18N6OS/c1-2-10-12(21-17-15-10)13(20)18-6-3-9(4-7-18)19-8-5-11(14)16-19/h5,8-9H,2-4,6-7H2,1H3,(H2,14,16). The van der Waals surface area contributed by atoms with E-state index < -0.39 is 0 Å². The Balaban J connectivity index is 1.64. The molecule has 0 unspecified atom stereocenters. The quantitative estimate of drug-likeness (QED) is 0.924. The van der Waals surface area contributed by atoms with Crippen molar-refractivity contribution in [2.24, 2.45) is 0 Å². The van der Waals surface area contributed by atoms with Crippen LogP contribution in [0, 0.1) is 0 Å². The van der Waals surface area contributed by atoms with E-state index in [0.29, 0.717) is 16.7 Å². The minimum atomic E-state index is 0.0558. The molecule has 0 spiro atoms. The van der Waals surface area contributed by atoms with E-state index in [0.717, 1.165) is 38.0 Å². The normalized spacial score (nSPS) is 16.3. The number of amides is 1. The van der Waals surface area contributed by atoms with Gasteiger partial charge in [-0.15, -0.1) is 5.10 Å². The van der Waals surface area contributed by atoms with Gasteiger partial charge in [-0.2, -0.15) is 5.10 Å². The van der Waals surface area contributed by atoms with Gasteiger partial charge in [0.1, 0.15) is 10.7 Å². The molecule has 2 N–H and O–H groups in total. The number of aryl methyl sites for hydroxylation is 1. The third-order valence-electron chi connectivity index (χ3n) is 3.84. The van der Waals surface area contributed by atoms with Crippen LogP contribution in [0.1, 0.15) is 41.2 Å². The summed E-state index contributed by atoms with van der Waals surface area (Å²) in [6, 6.07) is 2.12. The maximum absolute atomic E-state index is 12.5. The highest BCUT2D eigenvalue weighted by atomic mass is 32.1. The van der Waals surface area contributed by atoms with Crippen molar-refractivity contribution in [1.29, 1.82) is 0 Å². The number of likely N-dealkylation sites (tertiary alicyclic amines) is 1. The number of hydrogen-bond donors (Lipinski definition) is 1. The molecule has 1 saturated heterocycles. The first-order valence-corrected chi connectivity index (χ1v) is 7.87. The van der Waals surface area contributed by atoms with Gasteiger partial charge in [0.05, 0.1) is 11.7 Å². The van der Waals surface area contributed by atoms with Crippen molar-refractivity contribution >= 4 is 23.3 Å². The van der Waals surface area contributed by atoms with Crippen LogP contribution in [0.3, 0.4) is 0 Å². The summed E-state index contributed by atoms with van der Waals surface area (Å²) < 4.78 is 5.80. The average molecular weight is 306 g/mol. The van der Waals surface area contributed by atoms with E-state index in [4.69, 9.17) is 5.73 Å². The highest BCUT2D eigenvalue weighted by Crippen LogP contribution is 2.24. The lowest BCUT2D eigenvalue weighted by Gasteiger charge is -2.31. The molecule has 0 radical (unpaired) electrons. The van der Waals surface area contributed by atoms with Crippen LogP contribution in [-0.4, -0.2) is 43.3 Å². The van der Waals surface area contributed by atoms with Gasteiger partial charge in [-0.1, -0.05) is 11.4 Å². The highest BCUT2D eigenvalue weighted by Gasteiger charge is 2.27. The zero-order chi connectivity index (χ0) is 14.8. The lowest BCUT2D eigenvalue weighted by atomic mass is 10.0. The van der Waals surface area contributed by atoms with E-state index in [-0.39, 0.29) is 5.91 Å². The van der Waals surface area contributed by atoms with E-state index in [1.54, 1.807) is 6.07 Å². The number of rotatable bonds is 3. The fourth-order valence-electron chi connectivity index (χ4n) is 2.64. The van der Waals surface area contributed by atoms with Gasteiger partial charge in [-0.3, -0.25) is 9.48 Å². The number of hydrogen-bond acceptors (Lipinski definition) is 6. The third-order valence-corrected chi connectivity index (χ3v) is 4.60. The predicted octanol–water partition coefficient (Wildman–Crippen LogP) is 1.36. The van der Waals surface area contributed by atoms with Crippen molar-refractivity contribution in [3.63, 3.8) is 0 Å². The maximum atomic E-state index is 12.5. The minimum absolute atomic E-state index is 0.0558. The zero-order valence-electron chi connectivity index (χ0n) is 11.9. The summed E-state index contributed by atoms with van der Waals surface area (Å²) in [4.78, 5) is 15.1. The summed E-state index contributed by atoms with van der Waals surface area (Å²) in [5.74, 6) is 0.595. The topological polar surface area (TPSA) is 89.9 Å². The smallest absolute Gasteiger partial charge is 0.267 e. The Morgan fingerprint density at radius 2 is 2.24 bits per heavy atom. The molecule has 0 bridgehead atoms. The van der Waals surface area contributed by atoms with Crippen LogP contribution in [0.15, 0.2) is 12.3 Å². The number of anilines is 1. The molecule has 3 rings (SSSR count). The van der Waals surface area contributed by atoms with E-state index in [1.165, 1.54) is 11.5 Å². The Labute approximate surface area is 126 Å². The third kappa shape index (κ3) is 2.76. The lowest BCUT2D eigenvalue weighted by molar-refractivity contribution is 0.0693. The zero-order valence-corrected chi connectivity index (χ0v) is 12.7. The number of nitrogens with two attached hydrogens (primary N) is 1. The first kappa shape index (κ1) is 14.0. The molecule has 1 aliphatic heterocycles. The molecule has 21 heavy (non-hydrogen) atoms. The van der Waals surface area contributed by atoms with Crippen molar-refractivity contribution in [2.45, 2.75) is 32.2 Å². The summed E-state index contributed by atoms with van der Waals surface area (Å²) in [7, 11) is 0. The number of carbonyl (C=O) groups excluding carboxylic acids is 1. The number of aromatic nitrogens is 4. The molecule has 2 aromatic heterocycles. The van der Waals surface area contributed by atoms with Gasteiger partial charge in [0.15, 0.2) is 0 Å². The maximum Gasteiger partial charge on any atom is 0.267 e. The van der Waals surface area contributed by atoms with Gasteiger partial charge in [0.25, 0.3) is 5.91 Å². The summed E-state index contributed by atoms with van der Waals surface area (Å²) in [6.07, 6.45) is 4.42. The van der Waals surface area contributed by atoms with E-state index >= 15 is 0 Å². The number of piperidine rings is 1. The predicted molar refractivity (Wildman–Crippen MR) is 80.1 cm³/mol. The first-order chi connectivity index (χ1) is 10.2. The largest absolute Gasteiger partial charge is 0.382 e. The summed E-state index contributed by atoms with van der Waals surface area (Å²) >= 11 is 1.19. The lowest BCUT2D eigenvalue weighted by Crippen LogP contribution is -2.39. The summed E-state index contributed by atoms with van der Waals surface area (Å²) in [5.41, 5.74) is 6.45. The molecule has 0 saturated carbocycles. The second-order valence-corrected chi connectivity index (χ2v) is 5.90. The van der Waals surface area contributed by atoms with E-state index in [9.17, 15) is 4.79 Å². The Kier molecular flexibility index (Phi) is 3.87. The molecule has 2 aromatic rings. The number of carbonyl (C=O) groups is 1. The summed E-state index contributed by atoms with van der Waals surface area (Å²) in [5, 5.41) is 8.26. The molecule has 8 heteroatoms. The molecule has 1 fully saturated rings. The Hall–Kier alpha value is -1.96. The van der Waals surface area contributed by atoms with Gasteiger partial charge >= 0.3 is 0 Å². The fourth-order valence-corrected chi connectivity index (χ4v) is 3.35. The minimum Gasteiger partial charge on any atom is -0.382 e. The van der Waals surface area contributed by atoms with Gasteiger partial charge in [0.2, 0.25) is 0 Å². The molecule has 7 nitrogen and oxygen atoms in total. The molecule has 0 aliphatic carbocycles. The molecule has 0 atom stereocenters. The van der Waals surface area contributed by atoms with E-state index in [2.05, 4.69) is 14.7 Å². The second kappa shape index (κ2) is 5.80. The van der Waals surface area contributed by atoms with Crippen LogP contribution < -0.4 is 5.73 Å². The van der Waals surface area contributed by atoms with Crippen LogP contribution in [0.4, 0.5) is 5.82 Å². The first-order valence-electron chi connectivity index (χ1n) is 7.10. The molecular weight excluding hydrogens is 288 g/mol. The molecule has 3 heterocycles. The van der Waals surface area contributed by atoms with Gasteiger partial charge < -0.3 is 10.6 Å². The Morgan fingerprint density at radius 1 is 1.48 bits per heavy atom. The Morgan fingerprint density at radius 3 is 2.86 bits per heavy atom. The van der Waals surface area contributed by atoms with E-state index in [1.807, 2.05) is 22.7 Å². The molecule has 112 valence electrons. The SMILES string of the molecule is CCc1nnsc1C(=O)N1CCC(n2ccc(N)n2)CC1. The Bertz CT molecular complexity index is 628. The molecular formula is C13H18N6OS. The molecule has 1 aliphatic rings. The number of nitrogen functional groups attached to an aromatic ring is 1. The van der Waals surface area contributed by atoms with Crippen molar-refractivity contribution < 1.29 is 4.79 Å². The van der Waals surface area contributed by atoms with Crippen LogP contribution >= 0.6 is 11.5 Å². The van der Waals surface area contributed by atoms with Gasteiger partial charge in [0, 0.05) is 19.3 Å². The van der Waals surface area contributed by atoms with Crippen molar-refractivity contribution in [1.82, 2.24) is 24.3 Å². The van der Waals surface area contributed by atoms with Crippen molar-refractivity contribution in [3.8, 4) is 0 Å². The van der Waals surface area contributed by atoms with Crippen molar-refractivity contribution in [2.75, 3.05) is 18.8 Å².